The number of phenols is 1. The molecule has 0 bridgehead atoms. The number of aromatic nitrogens is 1. The van der Waals surface area contributed by atoms with Gasteiger partial charge in [-0.1, -0.05) is 6.92 Å². The smallest absolute Gasteiger partial charge is 0.174 e. The van der Waals surface area contributed by atoms with Gasteiger partial charge in [-0.2, -0.15) is 0 Å². The number of nitrogens with zero attached hydrogens (tertiary/aromatic N) is 1. The summed E-state index contributed by atoms with van der Waals surface area (Å²) in [6, 6.07) is 2.38. The first-order valence-corrected chi connectivity index (χ1v) is 5.23. The Morgan fingerprint density at radius 3 is 2.62 bits per heavy atom. The fourth-order valence-corrected chi connectivity index (χ4v) is 2.00. The lowest BCUT2D eigenvalue weighted by Crippen LogP contribution is -2.00. The van der Waals surface area contributed by atoms with Gasteiger partial charge in [-0.3, -0.25) is 0 Å². The molecule has 1 heterocycles. The van der Waals surface area contributed by atoms with Crippen molar-refractivity contribution in [1.29, 1.82) is 0 Å². The number of phenolic OH excluding ortho intramolecular Hbond substituents is 1. The van der Waals surface area contributed by atoms with Crippen LogP contribution >= 0.6 is 0 Å². The number of fused-ring (bicyclic) bond motifs is 1. The second-order valence-electron chi connectivity index (χ2n) is 3.89. The quantitative estimate of drug-likeness (QED) is 0.833. The van der Waals surface area contributed by atoms with E-state index in [1.165, 1.54) is 0 Å². The van der Waals surface area contributed by atoms with E-state index in [2.05, 4.69) is 0 Å². The van der Waals surface area contributed by atoms with Gasteiger partial charge in [0.2, 0.25) is 0 Å². The standard InChI is InChI=1S/C12H13F2NO/c1-3-4-15-7(2)5-8-11(14)10(16)6-9(13)12(8)15/h5-6,16H,3-4H2,1-2H3. The minimum Gasteiger partial charge on any atom is -0.505 e. The van der Waals surface area contributed by atoms with Gasteiger partial charge in [-0.05, 0) is 19.4 Å². The Kier molecular flexibility index (Phi) is 2.58. The first-order valence-electron chi connectivity index (χ1n) is 5.23. The van der Waals surface area contributed by atoms with Gasteiger partial charge in [0.05, 0.1) is 5.52 Å². The van der Waals surface area contributed by atoms with Gasteiger partial charge in [-0.15, -0.1) is 0 Å². The Labute approximate surface area is 92.1 Å². The van der Waals surface area contributed by atoms with Gasteiger partial charge < -0.3 is 9.67 Å². The summed E-state index contributed by atoms with van der Waals surface area (Å²) in [5, 5.41) is 9.35. The van der Waals surface area contributed by atoms with Crippen LogP contribution in [0.2, 0.25) is 0 Å². The minimum absolute atomic E-state index is 0.142. The van der Waals surface area contributed by atoms with Crippen molar-refractivity contribution in [2.24, 2.45) is 0 Å². The summed E-state index contributed by atoms with van der Waals surface area (Å²) >= 11 is 0. The van der Waals surface area contributed by atoms with E-state index in [1.54, 1.807) is 17.6 Å². The lowest BCUT2D eigenvalue weighted by Gasteiger charge is -2.07. The molecule has 0 fully saturated rings. The van der Waals surface area contributed by atoms with Crippen LogP contribution in [-0.4, -0.2) is 9.67 Å². The van der Waals surface area contributed by atoms with Crippen molar-refractivity contribution in [3.63, 3.8) is 0 Å². The second kappa shape index (κ2) is 3.77. The van der Waals surface area contributed by atoms with E-state index in [9.17, 15) is 13.9 Å². The summed E-state index contributed by atoms with van der Waals surface area (Å²) in [5.74, 6) is -1.98. The molecule has 1 aromatic heterocycles. The molecule has 2 aromatic rings. The van der Waals surface area contributed by atoms with Gasteiger partial charge in [0.25, 0.3) is 0 Å². The molecule has 0 aliphatic heterocycles. The van der Waals surface area contributed by atoms with E-state index >= 15 is 0 Å². The van der Waals surface area contributed by atoms with Gasteiger partial charge in [0.1, 0.15) is 0 Å². The molecule has 2 nitrogen and oxygen atoms in total. The molecule has 0 atom stereocenters. The lowest BCUT2D eigenvalue weighted by atomic mass is 10.2. The maximum atomic E-state index is 13.7. The maximum Gasteiger partial charge on any atom is 0.174 e. The number of aryl methyl sites for hydroxylation is 2. The van der Waals surface area contributed by atoms with Gasteiger partial charge in [0.15, 0.2) is 17.4 Å². The predicted molar refractivity (Wildman–Crippen MR) is 58.5 cm³/mol. The van der Waals surface area contributed by atoms with Crippen molar-refractivity contribution < 1.29 is 13.9 Å². The Bertz CT molecular complexity index is 546. The number of hydrogen-bond donors (Lipinski definition) is 1. The van der Waals surface area contributed by atoms with Crippen LogP contribution in [0.1, 0.15) is 19.0 Å². The van der Waals surface area contributed by atoms with Crippen LogP contribution in [0, 0.1) is 18.6 Å². The third-order valence-electron chi connectivity index (χ3n) is 2.70. The topological polar surface area (TPSA) is 25.2 Å². The van der Waals surface area contributed by atoms with Crippen molar-refractivity contribution in [2.75, 3.05) is 0 Å². The van der Waals surface area contributed by atoms with E-state index in [1.807, 2.05) is 6.92 Å². The van der Waals surface area contributed by atoms with Crippen molar-refractivity contribution in [1.82, 2.24) is 4.57 Å². The molecule has 0 unspecified atom stereocenters. The highest BCUT2D eigenvalue weighted by molar-refractivity contribution is 5.84. The van der Waals surface area contributed by atoms with Crippen molar-refractivity contribution >= 4 is 10.9 Å². The lowest BCUT2D eigenvalue weighted by molar-refractivity contribution is 0.431. The molecule has 86 valence electrons. The normalized spacial score (nSPS) is 11.2. The molecule has 1 aromatic carbocycles. The molecule has 4 heteroatoms. The SMILES string of the molecule is CCCn1c(C)cc2c(F)c(O)cc(F)c21. The van der Waals surface area contributed by atoms with Gasteiger partial charge >= 0.3 is 0 Å². The van der Waals surface area contributed by atoms with E-state index in [-0.39, 0.29) is 10.9 Å². The molecule has 16 heavy (non-hydrogen) atoms. The second-order valence-corrected chi connectivity index (χ2v) is 3.89. The molecular weight excluding hydrogens is 212 g/mol. The molecule has 0 saturated carbocycles. The van der Waals surface area contributed by atoms with Crippen LogP contribution in [0.4, 0.5) is 8.78 Å². The summed E-state index contributed by atoms with van der Waals surface area (Å²) < 4.78 is 29.0. The summed E-state index contributed by atoms with van der Waals surface area (Å²) in [5.41, 5.74) is 1.02. The summed E-state index contributed by atoms with van der Waals surface area (Å²) in [4.78, 5) is 0. The number of hydrogen-bond acceptors (Lipinski definition) is 1. The fraction of sp³-hybridized carbons (Fsp3) is 0.333. The van der Waals surface area contributed by atoms with Crippen LogP contribution in [-0.2, 0) is 6.54 Å². The maximum absolute atomic E-state index is 13.7. The van der Waals surface area contributed by atoms with Crippen LogP contribution in [0.5, 0.6) is 5.75 Å². The molecule has 1 N–H and O–H groups in total. The van der Waals surface area contributed by atoms with Gasteiger partial charge in [0, 0.05) is 23.7 Å². The molecule has 0 radical (unpaired) electrons. The number of halogens is 2. The monoisotopic (exact) mass is 225 g/mol. The largest absolute Gasteiger partial charge is 0.505 e. The number of rotatable bonds is 2. The average Bonchev–Trinajstić information content (AvgIpc) is 2.54. The molecule has 0 spiro atoms. The fourth-order valence-electron chi connectivity index (χ4n) is 2.00. The Hall–Kier alpha value is -1.58. The first kappa shape index (κ1) is 10.9. The summed E-state index contributed by atoms with van der Waals surface area (Å²) in [6.45, 7) is 4.40. The molecule has 0 saturated heterocycles. The average molecular weight is 225 g/mol. The summed E-state index contributed by atoms with van der Waals surface area (Å²) in [7, 11) is 0. The van der Waals surface area contributed by atoms with Crippen molar-refractivity contribution in [2.45, 2.75) is 26.8 Å². The van der Waals surface area contributed by atoms with E-state index in [0.29, 0.717) is 6.54 Å². The first-order chi connectivity index (χ1) is 7.56. The highest BCUT2D eigenvalue weighted by atomic mass is 19.1. The van der Waals surface area contributed by atoms with Gasteiger partial charge in [-0.25, -0.2) is 8.78 Å². The van der Waals surface area contributed by atoms with Crippen LogP contribution in [0.15, 0.2) is 12.1 Å². The Balaban J connectivity index is 2.83. The highest BCUT2D eigenvalue weighted by Gasteiger charge is 2.16. The summed E-state index contributed by atoms with van der Waals surface area (Å²) in [6.07, 6.45) is 0.840. The zero-order valence-corrected chi connectivity index (χ0v) is 9.22. The highest BCUT2D eigenvalue weighted by Crippen LogP contribution is 2.30. The van der Waals surface area contributed by atoms with Crippen LogP contribution < -0.4 is 0 Å². The zero-order chi connectivity index (χ0) is 11.9. The van der Waals surface area contributed by atoms with E-state index < -0.39 is 17.4 Å². The minimum atomic E-state index is -0.755. The van der Waals surface area contributed by atoms with Crippen LogP contribution in [0.25, 0.3) is 10.9 Å². The van der Waals surface area contributed by atoms with Crippen molar-refractivity contribution in [3.05, 3.63) is 29.5 Å². The number of benzene rings is 1. The predicted octanol–water partition coefficient (Wildman–Crippen LogP) is 3.34. The third-order valence-corrected chi connectivity index (χ3v) is 2.70. The van der Waals surface area contributed by atoms with Crippen molar-refractivity contribution in [3.8, 4) is 5.75 Å². The molecule has 0 aliphatic rings. The van der Waals surface area contributed by atoms with E-state index in [0.717, 1.165) is 18.2 Å². The molecule has 0 aliphatic carbocycles. The zero-order valence-electron chi connectivity index (χ0n) is 9.22. The molecule has 0 amide bonds. The molecular formula is C12H13F2NO. The number of aromatic hydroxyl groups is 1. The Morgan fingerprint density at radius 1 is 1.31 bits per heavy atom. The van der Waals surface area contributed by atoms with Crippen LogP contribution in [0.3, 0.4) is 0 Å². The van der Waals surface area contributed by atoms with E-state index in [4.69, 9.17) is 0 Å². The Morgan fingerprint density at radius 2 is 2.00 bits per heavy atom. The third kappa shape index (κ3) is 1.45. The molecule has 2 rings (SSSR count).